The molecule has 30 heavy (non-hydrogen) atoms. The topological polar surface area (TPSA) is 97.4 Å². The number of carbonyl (C=O) groups is 1. The van der Waals surface area contributed by atoms with E-state index < -0.39 is 15.9 Å². The second-order valence-corrected chi connectivity index (χ2v) is 8.30. The second kappa shape index (κ2) is 8.96. The van der Waals surface area contributed by atoms with Crippen molar-refractivity contribution in [1.29, 1.82) is 0 Å². The zero-order valence-electron chi connectivity index (χ0n) is 17.0. The van der Waals surface area contributed by atoms with E-state index in [-0.39, 0.29) is 16.2 Å². The van der Waals surface area contributed by atoms with Gasteiger partial charge in [0.15, 0.2) is 0 Å². The SMILES string of the molecule is CCc1ccc(NS(=O)(=O)c2cc(C(=O)Nc3ncccc3C)ccc2OC)cc1. The molecule has 0 aliphatic heterocycles. The van der Waals surface area contributed by atoms with Gasteiger partial charge in [0, 0.05) is 17.4 Å². The number of amides is 1. The highest BCUT2D eigenvalue weighted by Crippen LogP contribution is 2.27. The van der Waals surface area contributed by atoms with E-state index in [9.17, 15) is 13.2 Å². The molecule has 0 radical (unpaired) electrons. The molecule has 0 spiro atoms. The Morgan fingerprint density at radius 3 is 2.47 bits per heavy atom. The summed E-state index contributed by atoms with van der Waals surface area (Å²) in [5, 5.41) is 2.70. The van der Waals surface area contributed by atoms with Gasteiger partial charge in [0.25, 0.3) is 15.9 Å². The minimum absolute atomic E-state index is 0.130. The van der Waals surface area contributed by atoms with Crippen LogP contribution in [-0.4, -0.2) is 26.4 Å². The fraction of sp³-hybridized carbons (Fsp3) is 0.182. The van der Waals surface area contributed by atoms with Gasteiger partial charge in [0.1, 0.15) is 16.5 Å². The van der Waals surface area contributed by atoms with Gasteiger partial charge in [-0.2, -0.15) is 0 Å². The summed E-state index contributed by atoms with van der Waals surface area (Å²) in [6, 6.07) is 14.9. The predicted molar refractivity (Wildman–Crippen MR) is 117 cm³/mol. The maximum Gasteiger partial charge on any atom is 0.265 e. The Morgan fingerprint density at radius 2 is 1.83 bits per heavy atom. The van der Waals surface area contributed by atoms with Crippen LogP contribution < -0.4 is 14.8 Å². The number of rotatable bonds is 7. The number of nitrogens with one attached hydrogen (secondary N) is 2. The van der Waals surface area contributed by atoms with E-state index in [1.165, 1.54) is 25.3 Å². The molecule has 0 unspecified atom stereocenters. The molecule has 0 saturated carbocycles. The Balaban J connectivity index is 1.91. The van der Waals surface area contributed by atoms with Crippen molar-refractivity contribution in [3.8, 4) is 5.75 Å². The van der Waals surface area contributed by atoms with Crippen LogP contribution in [0.15, 0.2) is 65.7 Å². The van der Waals surface area contributed by atoms with Crippen LogP contribution in [0.1, 0.15) is 28.4 Å². The Bertz CT molecular complexity index is 1160. The van der Waals surface area contributed by atoms with E-state index in [1.54, 1.807) is 24.4 Å². The van der Waals surface area contributed by atoms with Crippen molar-refractivity contribution in [3.05, 3.63) is 77.5 Å². The van der Waals surface area contributed by atoms with Crippen LogP contribution >= 0.6 is 0 Å². The van der Waals surface area contributed by atoms with E-state index in [4.69, 9.17) is 4.74 Å². The minimum Gasteiger partial charge on any atom is -0.495 e. The van der Waals surface area contributed by atoms with Crippen LogP contribution in [0.5, 0.6) is 5.75 Å². The number of methoxy groups -OCH3 is 1. The number of aryl methyl sites for hydroxylation is 2. The van der Waals surface area contributed by atoms with Crippen molar-refractivity contribution < 1.29 is 17.9 Å². The number of benzene rings is 2. The van der Waals surface area contributed by atoms with Crippen molar-refractivity contribution in [2.75, 3.05) is 17.1 Å². The number of carbonyl (C=O) groups excluding carboxylic acids is 1. The molecule has 0 aliphatic carbocycles. The highest BCUT2D eigenvalue weighted by Gasteiger charge is 2.22. The van der Waals surface area contributed by atoms with Crippen molar-refractivity contribution in [2.24, 2.45) is 0 Å². The molecule has 8 heteroatoms. The molecule has 1 aromatic heterocycles. The largest absolute Gasteiger partial charge is 0.495 e. The van der Waals surface area contributed by atoms with Gasteiger partial charge in [-0.25, -0.2) is 13.4 Å². The summed E-state index contributed by atoms with van der Waals surface area (Å²) in [5.41, 5.74) is 2.49. The van der Waals surface area contributed by atoms with Gasteiger partial charge in [-0.1, -0.05) is 25.1 Å². The van der Waals surface area contributed by atoms with Crippen LogP contribution in [0.25, 0.3) is 0 Å². The first kappa shape index (κ1) is 21.3. The molecule has 0 aliphatic rings. The minimum atomic E-state index is -3.98. The molecule has 2 N–H and O–H groups in total. The summed E-state index contributed by atoms with van der Waals surface area (Å²) in [5.74, 6) is 0.0818. The van der Waals surface area contributed by atoms with Gasteiger partial charge in [0.05, 0.1) is 7.11 Å². The molecule has 2 aromatic carbocycles. The highest BCUT2D eigenvalue weighted by molar-refractivity contribution is 7.92. The summed E-state index contributed by atoms with van der Waals surface area (Å²) in [6.45, 7) is 3.84. The summed E-state index contributed by atoms with van der Waals surface area (Å²) < 4.78 is 33.7. The average Bonchev–Trinajstić information content (AvgIpc) is 2.75. The third kappa shape index (κ3) is 4.77. The fourth-order valence-electron chi connectivity index (χ4n) is 2.84. The lowest BCUT2D eigenvalue weighted by molar-refractivity contribution is 0.102. The van der Waals surface area contributed by atoms with E-state index in [1.807, 2.05) is 32.0 Å². The van der Waals surface area contributed by atoms with E-state index in [2.05, 4.69) is 15.0 Å². The highest BCUT2D eigenvalue weighted by atomic mass is 32.2. The van der Waals surface area contributed by atoms with Gasteiger partial charge < -0.3 is 10.1 Å². The van der Waals surface area contributed by atoms with Gasteiger partial charge >= 0.3 is 0 Å². The van der Waals surface area contributed by atoms with E-state index >= 15 is 0 Å². The smallest absolute Gasteiger partial charge is 0.265 e. The maximum absolute atomic E-state index is 13.0. The van der Waals surface area contributed by atoms with Gasteiger partial charge in [-0.15, -0.1) is 0 Å². The van der Waals surface area contributed by atoms with Crippen LogP contribution in [0, 0.1) is 6.92 Å². The first-order valence-corrected chi connectivity index (χ1v) is 10.8. The molecule has 0 fully saturated rings. The Labute approximate surface area is 176 Å². The molecule has 156 valence electrons. The quantitative estimate of drug-likeness (QED) is 0.596. The van der Waals surface area contributed by atoms with Gasteiger partial charge in [-0.3, -0.25) is 9.52 Å². The Morgan fingerprint density at radius 1 is 1.10 bits per heavy atom. The third-order valence-corrected chi connectivity index (χ3v) is 5.97. The number of ether oxygens (including phenoxy) is 1. The van der Waals surface area contributed by atoms with Crippen molar-refractivity contribution in [1.82, 2.24) is 4.98 Å². The van der Waals surface area contributed by atoms with E-state index in [0.29, 0.717) is 11.5 Å². The Hall–Kier alpha value is -3.39. The van der Waals surface area contributed by atoms with Gasteiger partial charge in [-0.05, 0) is 60.9 Å². The molecule has 3 rings (SSSR count). The van der Waals surface area contributed by atoms with Gasteiger partial charge in [0.2, 0.25) is 0 Å². The maximum atomic E-state index is 13.0. The van der Waals surface area contributed by atoms with Crippen LogP contribution in [0.4, 0.5) is 11.5 Å². The average molecular weight is 426 g/mol. The van der Waals surface area contributed by atoms with E-state index in [0.717, 1.165) is 17.5 Å². The number of nitrogens with zero attached hydrogens (tertiary/aromatic N) is 1. The lowest BCUT2D eigenvalue weighted by Crippen LogP contribution is -2.17. The number of hydrogen-bond acceptors (Lipinski definition) is 5. The number of aromatic nitrogens is 1. The summed E-state index contributed by atoms with van der Waals surface area (Å²) >= 11 is 0. The van der Waals surface area contributed by atoms with Crippen molar-refractivity contribution >= 4 is 27.4 Å². The number of hydrogen-bond donors (Lipinski definition) is 2. The zero-order valence-corrected chi connectivity index (χ0v) is 17.8. The molecule has 0 bridgehead atoms. The number of pyridine rings is 1. The summed E-state index contributed by atoms with van der Waals surface area (Å²) in [6.07, 6.45) is 2.42. The molecule has 1 amide bonds. The molecule has 0 atom stereocenters. The predicted octanol–water partition coefficient (Wildman–Crippen LogP) is 4.01. The Kier molecular flexibility index (Phi) is 6.37. The molecule has 1 heterocycles. The standard InChI is InChI=1S/C22H23N3O4S/c1-4-16-7-10-18(11-8-16)25-30(27,28)20-14-17(9-12-19(20)29-3)22(26)24-21-15(2)6-5-13-23-21/h5-14,25H,4H2,1-3H3,(H,23,24,26). The van der Waals surface area contributed by atoms with Crippen LogP contribution in [0.3, 0.4) is 0 Å². The molecule has 0 saturated heterocycles. The normalized spacial score (nSPS) is 11.0. The summed E-state index contributed by atoms with van der Waals surface area (Å²) in [4.78, 5) is 16.7. The second-order valence-electron chi connectivity index (χ2n) is 6.64. The molecular formula is C22H23N3O4S. The monoisotopic (exact) mass is 425 g/mol. The number of sulfonamides is 1. The molecule has 3 aromatic rings. The summed E-state index contributed by atoms with van der Waals surface area (Å²) in [7, 11) is -2.61. The molecular weight excluding hydrogens is 402 g/mol. The first-order valence-electron chi connectivity index (χ1n) is 9.37. The lowest BCUT2D eigenvalue weighted by Gasteiger charge is -2.14. The molecule has 7 nitrogen and oxygen atoms in total. The van der Waals surface area contributed by atoms with Crippen LogP contribution in [-0.2, 0) is 16.4 Å². The zero-order chi connectivity index (χ0) is 21.7. The first-order chi connectivity index (χ1) is 14.3. The van der Waals surface area contributed by atoms with Crippen molar-refractivity contribution in [3.63, 3.8) is 0 Å². The van der Waals surface area contributed by atoms with Crippen LogP contribution in [0.2, 0.25) is 0 Å². The fourth-order valence-corrected chi connectivity index (χ4v) is 4.10. The third-order valence-electron chi connectivity index (χ3n) is 4.57. The number of anilines is 2. The van der Waals surface area contributed by atoms with Crippen molar-refractivity contribution in [2.45, 2.75) is 25.2 Å². The lowest BCUT2D eigenvalue weighted by atomic mass is 10.2.